The van der Waals surface area contributed by atoms with Crippen LogP contribution >= 0.6 is 12.2 Å². The van der Waals surface area contributed by atoms with Crippen molar-refractivity contribution in [2.75, 3.05) is 5.32 Å². The van der Waals surface area contributed by atoms with Gasteiger partial charge in [-0.1, -0.05) is 6.07 Å². The Kier molecular flexibility index (Phi) is 7.03. The molecular weight excluding hydrogens is 430 g/mol. The minimum atomic E-state index is -3.82. The third-order valence-electron chi connectivity index (χ3n) is 4.08. The van der Waals surface area contributed by atoms with Crippen LogP contribution in [0.3, 0.4) is 0 Å². The Bertz CT molecular complexity index is 1130. The zero-order chi connectivity index (χ0) is 21.6. The molecule has 6 nitrogen and oxygen atoms in total. The van der Waals surface area contributed by atoms with E-state index in [-0.39, 0.29) is 11.4 Å². The van der Waals surface area contributed by atoms with Gasteiger partial charge in [-0.15, -0.1) is 0 Å². The van der Waals surface area contributed by atoms with E-state index in [1.807, 2.05) is 12.1 Å². The van der Waals surface area contributed by atoms with Gasteiger partial charge in [-0.2, -0.15) is 0 Å². The number of aromatic nitrogens is 1. The highest BCUT2D eigenvalue weighted by atomic mass is 32.2. The quantitative estimate of drug-likeness (QED) is 0.481. The first-order valence-electron chi connectivity index (χ1n) is 8.81. The molecule has 156 valence electrons. The van der Waals surface area contributed by atoms with Crippen molar-refractivity contribution in [1.29, 1.82) is 0 Å². The summed E-state index contributed by atoms with van der Waals surface area (Å²) in [6.45, 7) is 0.358. The summed E-state index contributed by atoms with van der Waals surface area (Å²) < 4.78 is 53.4. The van der Waals surface area contributed by atoms with E-state index in [9.17, 15) is 17.2 Å². The minimum Gasteiger partial charge on any atom is -0.358 e. The molecule has 0 bridgehead atoms. The normalized spacial score (nSPS) is 11.1. The molecule has 3 N–H and O–H groups in total. The summed E-state index contributed by atoms with van der Waals surface area (Å²) in [6.07, 6.45) is 3.38. The number of halogens is 2. The second-order valence-corrected chi connectivity index (χ2v) is 8.44. The lowest BCUT2D eigenvalue weighted by Gasteiger charge is -2.12. The molecule has 0 amide bonds. The summed E-state index contributed by atoms with van der Waals surface area (Å²) in [6, 6.07) is 12.9. The van der Waals surface area contributed by atoms with E-state index in [1.54, 1.807) is 24.5 Å². The Morgan fingerprint density at radius 2 is 1.60 bits per heavy atom. The van der Waals surface area contributed by atoms with Gasteiger partial charge in [0.05, 0.1) is 4.90 Å². The molecule has 0 aliphatic heterocycles. The number of anilines is 1. The number of nitrogens with zero attached hydrogens (tertiary/aromatic N) is 1. The van der Waals surface area contributed by atoms with Crippen LogP contribution in [-0.2, 0) is 23.1 Å². The van der Waals surface area contributed by atoms with Crippen molar-refractivity contribution in [3.63, 3.8) is 0 Å². The molecule has 0 atom stereocenters. The first kappa shape index (κ1) is 21.8. The van der Waals surface area contributed by atoms with Crippen molar-refractivity contribution in [2.24, 2.45) is 0 Å². The largest absolute Gasteiger partial charge is 0.358 e. The second-order valence-electron chi connectivity index (χ2n) is 6.26. The molecule has 1 heterocycles. The molecular formula is C20H18F2N4O2S2. The number of sulfonamides is 1. The number of thiocarbonyl (C=S) groups is 1. The lowest BCUT2D eigenvalue weighted by molar-refractivity contribution is 0.506. The molecule has 0 aliphatic rings. The molecule has 0 unspecified atom stereocenters. The van der Waals surface area contributed by atoms with E-state index in [2.05, 4.69) is 20.3 Å². The van der Waals surface area contributed by atoms with E-state index >= 15 is 0 Å². The van der Waals surface area contributed by atoms with Crippen molar-refractivity contribution in [3.05, 3.63) is 89.8 Å². The average molecular weight is 449 g/mol. The Balaban J connectivity index is 1.55. The molecule has 0 saturated carbocycles. The summed E-state index contributed by atoms with van der Waals surface area (Å²) in [5, 5.41) is 6.40. The molecule has 0 spiro atoms. The molecule has 3 rings (SSSR count). The zero-order valence-electron chi connectivity index (χ0n) is 15.6. The van der Waals surface area contributed by atoms with E-state index in [4.69, 9.17) is 12.2 Å². The topological polar surface area (TPSA) is 83.1 Å². The van der Waals surface area contributed by atoms with Crippen LogP contribution in [0.5, 0.6) is 0 Å². The van der Waals surface area contributed by atoms with Crippen LogP contribution in [0.15, 0.2) is 71.9 Å². The molecule has 1 aromatic heterocycles. The van der Waals surface area contributed by atoms with Gasteiger partial charge < -0.3 is 10.6 Å². The highest BCUT2D eigenvalue weighted by Gasteiger charge is 2.14. The van der Waals surface area contributed by atoms with Crippen LogP contribution in [0.25, 0.3) is 0 Å². The number of nitrogens with one attached hydrogen (secondary N) is 3. The van der Waals surface area contributed by atoms with Gasteiger partial charge in [0.2, 0.25) is 10.0 Å². The van der Waals surface area contributed by atoms with Crippen molar-refractivity contribution in [3.8, 4) is 0 Å². The van der Waals surface area contributed by atoms with E-state index in [1.165, 1.54) is 18.2 Å². The monoisotopic (exact) mass is 448 g/mol. The Labute approximate surface area is 178 Å². The lowest BCUT2D eigenvalue weighted by Crippen LogP contribution is -2.28. The summed E-state index contributed by atoms with van der Waals surface area (Å²) in [7, 11) is -3.82. The first-order chi connectivity index (χ1) is 14.3. The summed E-state index contributed by atoms with van der Waals surface area (Å²) >= 11 is 5.23. The Morgan fingerprint density at radius 1 is 0.900 bits per heavy atom. The van der Waals surface area contributed by atoms with Crippen LogP contribution in [0.1, 0.15) is 11.1 Å². The maximum absolute atomic E-state index is 13.2. The van der Waals surface area contributed by atoms with Crippen molar-refractivity contribution >= 4 is 33.0 Å². The second kappa shape index (κ2) is 9.70. The van der Waals surface area contributed by atoms with Crippen LogP contribution in [0.2, 0.25) is 0 Å². The summed E-state index contributed by atoms with van der Waals surface area (Å²) in [5.74, 6) is -2.02. The fourth-order valence-corrected chi connectivity index (χ4v) is 3.69. The zero-order valence-corrected chi connectivity index (χ0v) is 17.2. The van der Waals surface area contributed by atoms with Crippen LogP contribution in [0.4, 0.5) is 14.5 Å². The molecule has 2 aromatic carbocycles. The van der Waals surface area contributed by atoms with E-state index in [0.717, 1.165) is 17.7 Å². The first-order valence-corrected chi connectivity index (χ1v) is 10.7. The molecule has 0 radical (unpaired) electrons. The molecule has 0 fully saturated rings. The van der Waals surface area contributed by atoms with Crippen LogP contribution in [0, 0.1) is 11.6 Å². The predicted octanol–water partition coefficient (Wildman–Crippen LogP) is 3.32. The van der Waals surface area contributed by atoms with E-state index in [0.29, 0.717) is 22.9 Å². The van der Waals surface area contributed by atoms with Gasteiger partial charge in [0, 0.05) is 31.2 Å². The average Bonchev–Trinajstić information content (AvgIpc) is 2.74. The van der Waals surface area contributed by atoms with Gasteiger partial charge in [0.25, 0.3) is 0 Å². The number of pyridine rings is 1. The molecule has 0 saturated heterocycles. The van der Waals surface area contributed by atoms with Gasteiger partial charge in [0.1, 0.15) is 0 Å². The maximum Gasteiger partial charge on any atom is 0.240 e. The third-order valence-corrected chi connectivity index (χ3v) is 5.74. The van der Waals surface area contributed by atoms with Gasteiger partial charge >= 0.3 is 0 Å². The Morgan fingerprint density at radius 3 is 2.27 bits per heavy atom. The van der Waals surface area contributed by atoms with Gasteiger partial charge in [-0.3, -0.25) is 4.98 Å². The minimum absolute atomic E-state index is 0.0336. The fraction of sp³-hybridized carbons (Fsp3) is 0.100. The highest BCUT2D eigenvalue weighted by molar-refractivity contribution is 7.89. The fourth-order valence-electron chi connectivity index (χ4n) is 2.49. The maximum atomic E-state index is 13.2. The van der Waals surface area contributed by atoms with Gasteiger partial charge in [-0.25, -0.2) is 21.9 Å². The van der Waals surface area contributed by atoms with Crippen molar-refractivity contribution in [2.45, 2.75) is 18.0 Å². The SMILES string of the molecule is O=S(=O)(NCc1ccc(F)c(F)c1)c1ccc(NC(=S)NCc2ccncc2)cc1. The number of benzene rings is 2. The Hall–Kier alpha value is -2.95. The summed E-state index contributed by atoms with van der Waals surface area (Å²) in [5.41, 5.74) is 1.94. The van der Waals surface area contributed by atoms with E-state index < -0.39 is 21.7 Å². The molecule has 0 aliphatic carbocycles. The summed E-state index contributed by atoms with van der Waals surface area (Å²) in [4.78, 5) is 3.98. The van der Waals surface area contributed by atoms with Crippen LogP contribution < -0.4 is 15.4 Å². The lowest BCUT2D eigenvalue weighted by atomic mass is 10.2. The van der Waals surface area contributed by atoms with Crippen molar-refractivity contribution in [1.82, 2.24) is 15.0 Å². The number of hydrogen-bond acceptors (Lipinski definition) is 4. The van der Waals surface area contributed by atoms with Crippen molar-refractivity contribution < 1.29 is 17.2 Å². The van der Waals surface area contributed by atoms with Crippen LogP contribution in [-0.4, -0.2) is 18.5 Å². The smallest absolute Gasteiger partial charge is 0.240 e. The van der Waals surface area contributed by atoms with Gasteiger partial charge in [-0.05, 0) is 71.9 Å². The molecule has 30 heavy (non-hydrogen) atoms. The molecule has 3 aromatic rings. The number of hydrogen-bond donors (Lipinski definition) is 3. The number of rotatable bonds is 7. The van der Waals surface area contributed by atoms with Gasteiger partial charge in [0.15, 0.2) is 16.7 Å². The molecule has 10 heteroatoms. The third kappa shape index (κ3) is 6.02. The highest BCUT2D eigenvalue weighted by Crippen LogP contribution is 2.15. The predicted molar refractivity (Wildman–Crippen MR) is 114 cm³/mol. The standard InChI is InChI=1S/C20H18F2N4O2S2/c21-18-6-1-15(11-19(18)22)13-25-30(27,28)17-4-2-16(3-5-17)26-20(29)24-12-14-7-9-23-10-8-14/h1-11,25H,12-13H2,(H2,24,26,29).